The van der Waals surface area contributed by atoms with Crippen LogP contribution in [0, 0.1) is 18.6 Å². The Bertz CT molecular complexity index is 560. The van der Waals surface area contributed by atoms with Crippen LogP contribution in [0.5, 0.6) is 0 Å². The number of nitrogens with one attached hydrogen (secondary N) is 1. The molecule has 4 heteroatoms. The topological polar surface area (TPSA) is 32.9 Å². The molecule has 0 aliphatic heterocycles. The van der Waals surface area contributed by atoms with Crippen LogP contribution >= 0.6 is 0 Å². The Morgan fingerprint density at radius 1 is 1.29 bits per heavy atom. The van der Waals surface area contributed by atoms with E-state index in [1.807, 2.05) is 0 Å². The van der Waals surface area contributed by atoms with Gasteiger partial charge in [0.2, 0.25) is 5.56 Å². The van der Waals surface area contributed by atoms with Gasteiger partial charge in [-0.1, -0.05) is 0 Å². The molecule has 14 heavy (non-hydrogen) atoms. The summed E-state index contributed by atoms with van der Waals surface area (Å²) in [4.78, 5) is 13.3. The summed E-state index contributed by atoms with van der Waals surface area (Å²) in [6.45, 7) is 1.36. The molecular weight excluding hydrogens is 188 g/mol. The van der Waals surface area contributed by atoms with E-state index in [2.05, 4.69) is 4.98 Å². The van der Waals surface area contributed by atoms with E-state index in [0.717, 1.165) is 6.07 Å². The summed E-state index contributed by atoms with van der Waals surface area (Å²) >= 11 is 0. The second-order valence-corrected chi connectivity index (χ2v) is 3.08. The van der Waals surface area contributed by atoms with Crippen molar-refractivity contribution in [2.75, 3.05) is 0 Å². The molecule has 0 amide bonds. The van der Waals surface area contributed by atoms with Crippen molar-refractivity contribution in [3.8, 4) is 0 Å². The fourth-order valence-corrected chi connectivity index (χ4v) is 1.34. The number of aromatic nitrogens is 1. The van der Waals surface area contributed by atoms with Crippen molar-refractivity contribution >= 4 is 10.9 Å². The molecule has 2 rings (SSSR count). The molecular formula is C10H7F2NO. The Balaban J connectivity index is 2.98. The van der Waals surface area contributed by atoms with Crippen molar-refractivity contribution in [2.24, 2.45) is 0 Å². The van der Waals surface area contributed by atoms with Gasteiger partial charge in [0, 0.05) is 17.0 Å². The van der Waals surface area contributed by atoms with Crippen LogP contribution in [0.2, 0.25) is 0 Å². The SMILES string of the molecule is Cc1c(F)cc2[nH]c(=O)ccc2c1F. The van der Waals surface area contributed by atoms with Crippen LogP contribution in [0.3, 0.4) is 0 Å². The van der Waals surface area contributed by atoms with Crippen LogP contribution < -0.4 is 5.56 Å². The first-order chi connectivity index (χ1) is 6.59. The van der Waals surface area contributed by atoms with Gasteiger partial charge in [-0.05, 0) is 19.1 Å². The molecule has 0 fully saturated rings. The molecule has 0 aliphatic carbocycles. The van der Waals surface area contributed by atoms with Crippen LogP contribution in [-0.2, 0) is 0 Å². The number of aromatic amines is 1. The Kier molecular flexibility index (Phi) is 1.84. The van der Waals surface area contributed by atoms with Crippen LogP contribution in [0.15, 0.2) is 23.0 Å². The first-order valence-corrected chi connectivity index (χ1v) is 4.07. The van der Waals surface area contributed by atoms with Crippen molar-refractivity contribution in [1.82, 2.24) is 4.98 Å². The monoisotopic (exact) mass is 195 g/mol. The molecule has 0 radical (unpaired) electrons. The second-order valence-electron chi connectivity index (χ2n) is 3.08. The summed E-state index contributed by atoms with van der Waals surface area (Å²) in [6.07, 6.45) is 0. The average molecular weight is 195 g/mol. The third-order valence-electron chi connectivity index (χ3n) is 2.14. The van der Waals surface area contributed by atoms with E-state index in [1.54, 1.807) is 0 Å². The quantitative estimate of drug-likeness (QED) is 0.686. The molecule has 1 N–H and O–H groups in total. The molecule has 72 valence electrons. The second kappa shape index (κ2) is 2.90. The van der Waals surface area contributed by atoms with E-state index >= 15 is 0 Å². The molecule has 0 unspecified atom stereocenters. The van der Waals surface area contributed by atoms with Crippen molar-refractivity contribution in [2.45, 2.75) is 6.92 Å². The molecule has 0 saturated heterocycles. The minimum atomic E-state index is -0.656. The molecule has 1 heterocycles. The van der Waals surface area contributed by atoms with Gasteiger partial charge in [0.25, 0.3) is 0 Å². The van der Waals surface area contributed by atoms with Gasteiger partial charge in [0.05, 0.1) is 5.52 Å². The molecule has 1 aromatic heterocycles. The van der Waals surface area contributed by atoms with E-state index in [0.29, 0.717) is 0 Å². The van der Waals surface area contributed by atoms with Crippen LogP contribution in [0.25, 0.3) is 10.9 Å². The third-order valence-corrected chi connectivity index (χ3v) is 2.14. The number of fused-ring (bicyclic) bond motifs is 1. The Hall–Kier alpha value is -1.71. The maximum absolute atomic E-state index is 13.4. The summed E-state index contributed by atoms with van der Waals surface area (Å²) in [5, 5.41) is 0.225. The van der Waals surface area contributed by atoms with E-state index in [4.69, 9.17) is 0 Å². The first-order valence-electron chi connectivity index (χ1n) is 4.07. The highest BCUT2D eigenvalue weighted by Gasteiger charge is 2.09. The van der Waals surface area contributed by atoms with E-state index in [-0.39, 0.29) is 22.0 Å². The van der Waals surface area contributed by atoms with E-state index in [9.17, 15) is 13.6 Å². The highest BCUT2D eigenvalue weighted by Crippen LogP contribution is 2.20. The minimum absolute atomic E-state index is 0.0375. The number of pyridine rings is 1. The van der Waals surface area contributed by atoms with Crippen molar-refractivity contribution in [1.29, 1.82) is 0 Å². The number of hydrogen-bond donors (Lipinski definition) is 1. The Labute approximate surface area is 78.2 Å². The van der Waals surface area contributed by atoms with Crippen LogP contribution in [-0.4, -0.2) is 4.98 Å². The molecule has 0 atom stereocenters. The Morgan fingerprint density at radius 2 is 2.00 bits per heavy atom. The van der Waals surface area contributed by atoms with Crippen LogP contribution in [0.4, 0.5) is 8.78 Å². The Morgan fingerprint density at radius 3 is 2.71 bits per heavy atom. The molecule has 2 nitrogen and oxygen atoms in total. The fraction of sp³-hybridized carbons (Fsp3) is 0.100. The lowest BCUT2D eigenvalue weighted by molar-refractivity contribution is 0.576. The lowest BCUT2D eigenvalue weighted by Crippen LogP contribution is -2.04. The largest absolute Gasteiger partial charge is 0.322 e. The highest BCUT2D eigenvalue weighted by molar-refractivity contribution is 5.79. The molecule has 0 saturated carbocycles. The number of halogens is 2. The maximum Gasteiger partial charge on any atom is 0.248 e. The van der Waals surface area contributed by atoms with Crippen molar-refractivity contribution in [3.63, 3.8) is 0 Å². The van der Waals surface area contributed by atoms with Gasteiger partial charge < -0.3 is 4.98 Å². The van der Waals surface area contributed by atoms with Gasteiger partial charge in [0.1, 0.15) is 11.6 Å². The summed E-state index contributed by atoms with van der Waals surface area (Å²) in [5.41, 5.74) is -0.234. The molecule has 0 aliphatic rings. The lowest BCUT2D eigenvalue weighted by Gasteiger charge is -2.03. The zero-order chi connectivity index (χ0) is 10.3. The van der Waals surface area contributed by atoms with E-state index < -0.39 is 11.6 Å². The average Bonchev–Trinajstić information content (AvgIpc) is 2.14. The smallest absolute Gasteiger partial charge is 0.248 e. The van der Waals surface area contributed by atoms with Crippen molar-refractivity contribution in [3.05, 3.63) is 45.8 Å². The summed E-state index contributed by atoms with van der Waals surface area (Å²) < 4.78 is 26.5. The van der Waals surface area contributed by atoms with Gasteiger partial charge in [-0.25, -0.2) is 8.78 Å². The maximum atomic E-state index is 13.4. The number of benzene rings is 1. The number of rotatable bonds is 0. The van der Waals surface area contributed by atoms with Gasteiger partial charge in [0.15, 0.2) is 0 Å². The van der Waals surface area contributed by atoms with Crippen LogP contribution in [0.1, 0.15) is 5.56 Å². The summed E-state index contributed by atoms with van der Waals surface area (Å²) in [6, 6.07) is 3.67. The lowest BCUT2D eigenvalue weighted by atomic mass is 10.1. The minimum Gasteiger partial charge on any atom is -0.322 e. The van der Waals surface area contributed by atoms with Crippen molar-refractivity contribution < 1.29 is 8.78 Å². The molecule has 0 bridgehead atoms. The van der Waals surface area contributed by atoms with Gasteiger partial charge in [-0.3, -0.25) is 4.79 Å². The number of H-pyrrole nitrogens is 1. The zero-order valence-corrected chi connectivity index (χ0v) is 7.40. The molecule has 2 aromatic rings. The first kappa shape index (κ1) is 8.87. The van der Waals surface area contributed by atoms with Gasteiger partial charge >= 0.3 is 0 Å². The standard InChI is InChI=1S/C10H7F2NO/c1-5-7(11)4-8-6(10(5)12)2-3-9(14)13-8/h2-4H,1H3,(H,13,14). The zero-order valence-electron chi connectivity index (χ0n) is 7.40. The predicted octanol–water partition coefficient (Wildman–Crippen LogP) is 2.11. The molecule has 1 aromatic carbocycles. The fourth-order valence-electron chi connectivity index (χ4n) is 1.34. The predicted molar refractivity (Wildman–Crippen MR) is 49.2 cm³/mol. The van der Waals surface area contributed by atoms with Gasteiger partial charge in [-0.2, -0.15) is 0 Å². The van der Waals surface area contributed by atoms with Gasteiger partial charge in [-0.15, -0.1) is 0 Å². The normalized spacial score (nSPS) is 10.8. The summed E-state index contributed by atoms with van der Waals surface area (Å²) in [7, 11) is 0. The summed E-state index contributed by atoms with van der Waals surface area (Å²) in [5.74, 6) is -1.28. The third kappa shape index (κ3) is 1.19. The number of hydrogen-bond acceptors (Lipinski definition) is 1. The highest BCUT2D eigenvalue weighted by atomic mass is 19.1. The molecule has 0 spiro atoms. The van der Waals surface area contributed by atoms with E-state index in [1.165, 1.54) is 19.1 Å².